The molecule has 2 aromatic carbocycles. The molecule has 6 nitrogen and oxygen atoms in total. The van der Waals surface area contributed by atoms with E-state index in [1.807, 2.05) is 75.4 Å². The Kier molecular flexibility index (Phi) is 8.34. The van der Waals surface area contributed by atoms with Crippen molar-refractivity contribution in [3.8, 4) is 5.75 Å². The number of aryl methyl sites for hydroxylation is 1. The molecule has 0 spiro atoms. The van der Waals surface area contributed by atoms with Crippen LogP contribution in [0.15, 0.2) is 54.6 Å². The molecule has 0 fully saturated rings. The van der Waals surface area contributed by atoms with Crippen LogP contribution in [0.2, 0.25) is 0 Å². The minimum absolute atomic E-state index is 0.0415. The fourth-order valence-corrected chi connectivity index (χ4v) is 2.66. The van der Waals surface area contributed by atoms with Crippen molar-refractivity contribution >= 4 is 11.9 Å². The molecule has 150 valence electrons. The van der Waals surface area contributed by atoms with E-state index in [-0.39, 0.29) is 17.9 Å². The molecule has 3 amide bonds. The van der Waals surface area contributed by atoms with E-state index in [4.69, 9.17) is 4.74 Å². The molecule has 0 radical (unpaired) electrons. The van der Waals surface area contributed by atoms with Gasteiger partial charge in [-0.3, -0.25) is 4.79 Å². The summed E-state index contributed by atoms with van der Waals surface area (Å²) in [7, 11) is 0. The molecule has 0 heterocycles. The van der Waals surface area contributed by atoms with Gasteiger partial charge in [-0.25, -0.2) is 4.79 Å². The second-order valence-corrected chi connectivity index (χ2v) is 6.99. The molecule has 1 atom stereocenters. The topological polar surface area (TPSA) is 79.5 Å². The Balaban J connectivity index is 1.75. The molecule has 2 rings (SSSR count). The van der Waals surface area contributed by atoms with Crippen molar-refractivity contribution in [2.45, 2.75) is 33.4 Å². The van der Waals surface area contributed by atoms with Crippen LogP contribution < -0.4 is 20.7 Å². The van der Waals surface area contributed by atoms with E-state index in [0.717, 1.165) is 16.9 Å². The average molecular weight is 383 g/mol. The number of hydrogen-bond donors (Lipinski definition) is 3. The summed E-state index contributed by atoms with van der Waals surface area (Å²) in [4.78, 5) is 24.6. The van der Waals surface area contributed by atoms with Crippen LogP contribution in [0.25, 0.3) is 0 Å². The number of carbonyl (C=O) groups is 2. The van der Waals surface area contributed by atoms with E-state index in [1.165, 1.54) is 0 Å². The van der Waals surface area contributed by atoms with Crippen LogP contribution in [0.4, 0.5) is 4.79 Å². The molecule has 6 heteroatoms. The van der Waals surface area contributed by atoms with Crippen molar-refractivity contribution in [2.24, 2.45) is 5.92 Å². The molecule has 28 heavy (non-hydrogen) atoms. The van der Waals surface area contributed by atoms with E-state index in [9.17, 15) is 9.59 Å². The summed E-state index contributed by atoms with van der Waals surface area (Å²) in [6.07, 6.45) is 0. The zero-order valence-electron chi connectivity index (χ0n) is 16.7. The van der Waals surface area contributed by atoms with Gasteiger partial charge in [0.25, 0.3) is 0 Å². The van der Waals surface area contributed by atoms with Crippen LogP contribution in [0.1, 0.15) is 25.0 Å². The van der Waals surface area contributed by atoms with Crippen LogP contribution in [-0.4, -0.2) is 31.1 Å². The molecular formula is C22H29N3O3. The minimum Gasteiger partial charge on any atom is -0.492 e. The highest BCUT2D eigenvalue weighted by Crippen LogP contribution is 2.11. The maximum Gasteiger partial charge on any atom is 0.315 e. The molecule has 0 saturated heterocycles. The van der Waals surface area contributed by atoms with Crippen LogP contribution in [0.5, 0.6) is 5.75 Å². The van der Waals surface area contributed by atoms with Gasteiger partial charge >= 0.3 is 6.03 Å². The Hall–Kier alpha value is -3.02. The first-order chi connectivity index (χ1) is 13.5. The highest BCUT2D eigenvalue weighted by Gasteiger charge is 2.23. The summed E-state index contributed by atoms with van der Waals surface area (Å²) in [6, 6.07) is 16.4. The summed E-state index contributed by atoms with van der Waals surface area (Å²) < 4.78 is 5.63. The zero-order chi connectivity index (χ0) is 20.4. The largest absolute Gasteiger partial charge is 0.492 e. The molecule has 3 N–H and O–H groups in total. The number of benzene rings is 2. The van der Waals surface area contributed by atoms with Crippen LogP contribution >= 0.6 is 0 Å². The molecule has 0 aliphatic carbocycles. The highest BCUT2D eigenvalue weighted by molar-refractivity contribution is 5.87. The van der Waals surface area contributed by atoms with Crippen molar-refractivity contribution in [3.05, 3.63) is 65.7 Å². The average Bonchev–Trinajstić information content (AvgIpc) is 2.68. The fraction of sp³-hybridized carbons (Fsp3) is 0.364. The van der Waals surface area contributed by atoms with Crippen LogP contribution in [0, 0.1) is 12.8 Å². The predicted octanol–water partition coefficient (Wildman–Crippen LogP) is 3.01. The maximum absolute atomic E-state index is 12.5. The molecule has 0 aliphatic rings. The first kappa shape index (κ1) is 21.3. The number of rotatable bonds is 9. The van der Waals surface area contributed by atoms with Gasteiger partial charge in [0.15, 0.2) is 0 Å². The smallest absolute Gasteiger partial charge is 0.315 e. The third kappa shape index (κ3) is 7.31. The van der Waals surface area contributed by atoms with E-state index in [2.05, 4.69) is 16.0 Å². The lowest BCUT2D eigenvalue weighted by atomic mass is 10.0. The lowest BCUT2D eigenvalue weighted by Crippen LogP contribution is -2.52. The molecule has 2 aromatic rings. The van der Waals surface area contributed by atoms with E-state index >= 15 is 0 Å². The van der Waals surface area contributed by atoms with Gasteiger partial charge in [0.05, 0.1) is 6.54 Å². The SMILES string of the molecule is Cc1cccc(OCCNC(=O)C(NC(=O)NCc2ccccc2)C(C)C)c1. The molecule has 1 unspecified atom stereocenters. The maximum atomic E-state index is 12.5. The third-order valence-electron chi connectivity index (χ3n) is 4.19. The standard InChI is InChI=1S/C22H29N3O3/c1-16(2)20(25-22(27)24-15-18-9-5-4-6-10-18)21(26)23-12-13-28-19-11-7-8-17(3)14-19/h4-11,14,16,20H,12-13,15H2,1-3H3,(H,23,26)(H2,24,25,27). The lowest BCUT2D eigenvalue weighted by molar-refractivity contribution is -0.124. The second-order valence-electron chi connectivity index (χ2n) is 6.99. The van der Waals surface area contributed by atoms with Gasteiger partial charge in [0.2, 0.25) is 5.91 Å². The van der Waals surface area contributed by atoms with Gasteiger partial charge < -0.3 is 20.7 Å². The van der Waals surface area contributed by atoms with Crippen molar-refractivity contribution in [1.29, 1.82) is 0 Å². The molecule has 0 bridgehead atoms. The monoisotopic (exact) mass is 383 g/mol. The minimum atomic E-state index is -0.616. The summed E-state index contributed by atoms with van der Waals surface area (Å²) in [5, 5.41) is 8.35. The zero-order valence-corrected chi connectivity index (χ0v) is 16.7. The second kappa shape index (κ2) is 11.0. The van der Waals surface area contributed by atoms with Crippen LogP contribution in [-0.2, 0) is 11.3 Å². The van der Waals surface area contributed by atoms with Gasteiger partial charge in [0, 0.05) is 6.54 Å². The summed E-state index contributed by atoms with van der Waals surface area (Å²) in [5.41, 5.74) is 2.11. The quantitative estimate of drug-likeness (QED) is 0.583. The van der Waals surface area contributed by atoms with Gasteiger partial charge in [-0.2, -0.15) is 0 Å². The molecule has 0 aliphatic heterocycles. The Labute approximate surface area is 166 Å². The van der Waals surface area contributed by atoms with E-state index in [0.29, 0.717) is 19.7 Å². The van der Waals surface area contributed by atoms with Crippen molar-refractivity contribution in [3.63, 3.8) is 0 Å². The van der Waals surface area contributed by atoms with Gasteiger partial charge in [-0.1, -0.05) is 56.3 Å². The predicted molar refractivity (Wildman–Crippen MR) is 110 cm³/mol. The highest BCUT2D eigenvalue weighted by atomic mass is 16.5. The number of ether oxygens (including phenoxy) is 1. The van der Waals surface area contributed by atoms with Gasteiger partial charge in [0.1, 0.15) is 18.4 Å². The van der Waals surface area contributed by atoms with Crippen molar-refractivity contribution in [2.75, 3.05) is 13.2 Å². The van der Waals surface area contributed by atoms with E-state index < -0.39 is 6.04 Å². The van der Waals surface area contributed by atoms with Crippen molar-refractivity contribution < 1.29 is 14.3 Å². The first-order valence-corrected chi connectivity index (χ1v) is 9.51. The lowest BCUT2D eigenvalue weighted by Gasteiger charge is -2.22. The molecule has 0 saturated carbocycles. The Morgan fingerprint density at radius 1 is 1.00 bits per heavy atom. The van der Waals surface area contributed by atoms with Gasteiger partial charge in [-0.15, -0.1) is 0 Å². The number of amides is 3. The fourth-order valence-electron chi connectivity index (χ4n) is 2.66. The van der Waals surface area contributed by atoms with Crippen molar-refractivity contribution in [1.82, 2.24) is 16.0 Å². The van der Waals surface area contributed by atoms with E-state index in [1.54, 1.807) is 0 Å². The first-order valence-electron chi connectivity index (χ1n) is 9.51. The third-order valence-corrected chi connectivity index (χ3v) is 4.19. The number of nitrogens with one attached hydrogen (secondary N) is 3. The number of carbonyl (C=O) groups excluding carboxylic acids is 2. The van der Waals surface area contributed by atoms with Crippen LogP contribution in [0.3, 0.4) is 0 Å². The normalized spacial score (nSPS) is 11.6. The Morgan fingerprint density at radius 2 is 1.75 bits per heavy atom. The summed E-state index contributed by atoms with van der Waals surface area (Å²) in [6.45, 7) is 6.92. The number of urea groups is 1. The summed E-state index contributed by atoms with van der Waals surface area (Å²) in [5.74, 6) is 0.506. The molecule has 0 aromatic heterocycles. The molecular weight excluding hydrogens is 354 g/mol. The van der Waals surface area contributed by atoms with Gasteiger partial charge in [-0.05, 0) is 36.1 Å². The Morgan fingerprint density at radius 3 is 2.43 bits per heavy atom. The number of hydrogen-bond acceptors (Lipinski definition) is 3. The summed E-state index contributed by atoms with van der Waals surface area (Å²) >= 11 is 0. The Bertz CT molecular complexity index is 763.